The van der Waals surface area contributed by atoms with Crippen LogP contribution in [0.3, 0.4) is 0 Å². The number of halogens is 1. The summed E-state index contributed by atoms with van der Waals surface area (Å²) in [5.41, 5.74) is 2.50. The zero-order valence-corrected chi connectivity index (χ0v) is 17.1. The Hall–Kier alpha value is -2.13. The lowest BCUT2D eigenvalue weighted by molar-refractivity contribution is -0.118. The Morgan fingerprint density at radius 2 is 1.00 bits per heavy atom. The molecule has 4 atom stereocenters. The molecule has 1 aliphatic rings. The molecule has 146 valence electrons. The van der Waals surface area contributed by atoms with Crippen LogP contribution in [0.15, 0.2) is 91.0 Å². The summed E-state index contributed by atoms with van der Waals surface area (Å²) in [6.45, 7) is 4.32. The van der Waals surface area contributed by atoms with Crippen molar-refractivity contribution < 1.29 is 5.11 Å². The van der Waals surface area contributed by atoms with E-state index in [0.29, 0.717) is 0 Å². The molecule has 28 heavy (non-hydrogen) atoms. The SMILES string of the molecule is CC1C(c2ccccc2)NC(c2ccccc2)C(C)C1(O)c1ccccc1.Cl. The summed E-state index contributed by atoms with van der Waals surface area (Å²) in [5, 5.41) is 16.0. The molecule has 1 saturated heterocycles. The van der Waals surface area contributed by atoms with Crippen LogP contribution in [0.25, 0.3) is 0 Å². The Balaban J connectivity index is 0.00000225. The second kappa shape index (κ2) is 8.48. The molecule has 0 bridgehead atoms. The van der Waals surface area contributed by atoms with Gasteiger partial charge in [-0.15, -0.1) is 12.4 Å². The lowest BCUT2D eigenvalue weighted by Crippen LogP contribution is -2.55. The fourth-order valence-electron chi connectivity index (χ4n) is 4.73. The highest BCUT2D eigenvalue weighted by Crippen LogP contribution is 2.51. The second-order valence-corrected chi connectivity index (χ2v) is 7.71. The van der Waals surface area contributed by atoms with E-state index in [1.807, 2.05) is 30.3 Å². The van der Waals surface area contributed by atoms with Crippen molar-refractivity contribution in [2.75, 3.05) is 0 Å². The second-order valence-electron chi connectivity index (χ2n) is 7.71. The van der Waals surface area contributed by atoms with Crippen molar-refractivity contribution in [3.05, 3.63) is 108 Å². The molecular formula is C25H28ClNO. The molecule has 0 saturated carbocycles. The van der Waals surface area contributed by atoms with E-state index in [-0.39, 0.29) is 36.3 Å². The first kappa shape index (κ1) is 20.6. The lowest BCUT2D eigenvalue weighted by Gasteiger charge is -2.52. The Bertz CT molecular complexity index is 817. The molecule has 0 aromatic heterocycles. The average Bonchev–Trinajstić information content (AvgIpc) is 2.74. The van der Waals surface area contributed by atoms with Gasteiger partial charge in [0.05, 0.1) is 5.60 Å². The number of aliphatic hydroxyl groups is 1. The third-order valence-electron chi connectivity index (χ3n) is 6.30. The van der Waals surface area contributed by atoms with Gasteiger partial charge in [0.15, 0.2) is 0 Å². The quantitative estimate of drug-likeness (QED) is 0.602. The number of hydrogen-bond donors (Lipinski definition) is 2. The van der Waals surface area contributed by atoms with Gasteiger partial charge in [0.2, 0.25) is 0 Å². The van der Waals surface area contributed by atoms with E-state index in [9.17, 15) is 5.11 Å². The molecule has 0 radical (unpaired) electrons. The van der Waals surface area contributed by atoms with Gasteiger partial charge in [-0.1, -0.05) is 105 Å². The summed E-state index contributed by atoms with van der Waals surface area (Å²) in [6.07, 6.45) is 0. The molecule has 1 fully saturated rings. The van der Waals surface area contributed by atoms with Crippen LogP contribution in [0.4, 0.5) is 0 Å². The van der Waals surface area contributed by atoms with Crippen molar-refractivity contribution in [3.63, 3.8) is 0 Å². The van der Waals surface area contributed by atoms with Gasteiger partial charge in [0.25, 0.3) is 0 Å². The lowest BCUT2D eigenvalue weighted by atomic mass is 9.63. The summed E-state index contributed by atoms with van der Waals surface area (Å²) in [7, 11) is 0. The van der Waals surface area contributed by atoms with Crippen molar-refractivity contribution in [2.45, 2.75) is 31.5 Å². The Morgan fingerprint density at radius 3 is 1.39 bits per heavy atom. The molecule has 1 heterocycles. The van der Waals surface area contributed by atoms with Crippen LogP contribution in [0.2, 0.25) is 0 Å². The molecule has 2 nitrogen and oxygen atoms in total. The monoisotopic (exact) mass is 393 g/mol. The molecule has 4 rings (SSSR count). The number of piperidine rings is 1. The predicted molar refractivity (Wildman–Crippen MR) is 117 cm³/mol. The first-order valence-electron chi connectivity index (χ1n) is 9.76. The van der Waals surface area contributed by atoms with Gasteiger partial charge in [-0.05, 0) is 16.7 Å². The zero-order chi connectivity index (χ0) is 18.9. The maximum Gasteiger partial charge on any atom is 0.0983 e. The van der Waals surface area contributed by atoms with E-state index in [0.717, 1.165) is 5.56 Å². The fraction of sp³-hybridized carbons (Fsp3) is 0.280. The van der Waals surface area contributed by atoms with Crippen LogP contribution >= 0.6 is 12.4 Å². The van der Waals surface area contributed by atoms with E-state index in [4.69, 9.17) is 0 Å². The largest absolute Gasteiger partial charge is 0.384 e. The van der Waals surface area contributed by atoms with E-state index in [1.54, 1.807) is 0 Å². The summed E-state index contributed by atoms with van der Waals surface area (Å²) in [6, 6.07) is 31.3. The fourth-order valence-corrected chi connectivity index (χ4v) is 4.73. The maximum atomic E-state index is 12.1. The first-order chi connectivity index (χ1) is 13.1. The van der Waals surface area contributed by atoms with Crippen molar-refractivity contribution >= 4 is 12.4 Å². The highest BCUT2D eigenvalue weighted by molar-refractivity contribution is 5.85. The molecule has 3 aromatic carbocycles. The van der Waals surface area contributed by atoms with Gasteiger partial charge in [0, 0.05) is 23.9 Å². The van der Waals surface area contributed by atoms with E-state index >= 15 is 0 Å². The van der Waals surface area contributed by atoms with Gasteiger partial charge in [-0.3, -0.25) is 0 Å². The van der Waals surface area contributed by atoms with Crippen LogP contribution in [-0.2, 0) is 5.60 Å². The molecule has 2 N–H and O–H groups in total. The van der Waals surface area contributed by atoms with Crippen molar-refractivity contribution in [2.24, 2.45) is 11.8 Å². The standard InChI is InChI=1S/C25H27NO.ClH/c1-18-23(20-12-6-3-7-13-20)26-24(21-14-8-4-9-15-21)19(2)25(18,27)22-16-10-5-11-17-22;/h3-19,23-24,26-27H,1-2H3;1H. The summed E-state index contributed by atoms with van der Waals surface area (Å²) in [4.78, 5) is 0. The van der Waals surface area contributed by atoms with Crippen molar-refractivity contribution in [1.29, 1.82) is 0 Å². The van der Waals surface area contributed by atoms with E-state index in [2.05, 4.69) is 79.8 Å². The average molecular weight is 394 g/mol. The number of rotatable bonds is 3. The Labute approximate surface area is 174 Å². The topological polar surface area (TPSA) is 32.3 Å². The van der Waals surface area contributed by atoms with Gasteiger partial charge in [-0.2, -0.15) is 0 Å². The molecule has 0 spiro atoms. The van der Waals surface area contributed by atoms with E-state index < -0.39 is 5.60 Å². The number of hydrogen-bond acceptors (Lipinski definition) is 2. The normalized spacial score (nSPS) is 29.7. The van der Waals surface area contributed by atoms with Crippen molar-refractivity contribution in [1.82, 2.24) is 5.32 Å². The number of nitrogens with one attached hydrogen (secondary N) is 1. The molecule has 0 amide bonds. The molecule has 0 aliphatic carbocycles. The maximum absolute atomic E-state index is 12.1. The predicted octanol–water partition coefficient (Wildman–Crippen LogP) is 5.65. The Kier molecular flexibility index (Phi) is 6.24. The van der Waals surface area contributed by atoms with Gasteiger partial charge < -0.3 is 10.4 Å². The first-order valence-corrected chi connectivity index (χ1v) is 9.76. The van der Waals surface area contributed by atoms with Gasteiger partial charge >= 0.3 is 0 Å². The summed E-state index contributed by atoms with van der Waals surface area (Å²) >= 11 is 0. The molecule has 1 aliphatic heterocycles. The van der Waals surface area contributed by atoms with Crippen LogP contribution in [0.5, 0.6) is 0 Å². The molecule has 3 aromatic rings. The number of benzene rings is 3. The van der Waals surface area contributed by atoms with E-state index in [1.165, 1.54) is 11.1 Å². The summed E-state index contributed by atoms with van der Waals surface area (Å²) in [5.74, 6) is 0.0505. The minimum absolute atomic E-state index is 0. The minimum Gasteiger partial charge on any atom is -0.384 e. The van der Waals surface area contributed by atoms with Crippen LogP contribution < -0.4 is 5.32 Å². The van der Waals surface area contributed by atoms with Gasteiger partial charge in [-0.25, -0.2) is 0 Å². The van der Waals surface area contributed by atoms with Crippen LogP contribution in [0, 0.1) is 11.8 Å². The van der Waals surface area contributed by atoms with Gasteiger partial charge in [0.1, 0.15) is 0 Å². The smallest absolute Gasteiger partial charge is 0.0983 e. The molecule has 4 unspecified atom stereocenters. The highest BCUT2D eigenvalue weighted by Gasteiger charge is 2.52. The minimum atomic E-state index is -0.923. The molecule has 3 heteroatoms. The van der Waals surface area contributed by atoms with Crippen molar-refractivity contribution in [3.8, 4) is 0 Å². The molecular weight excluding hydrogens is 366 g/mol. The zero-order valence-electron chi connectivity index (χ0n) is 16.3. The Morgan fingerprint density at radius 1 is 0.643 bits per heavy atom. The summed E-state index contributed by atoms with van der Waals surface area (Å²) < 4.78 is 0. The van der Waals surface area contributed by atoms with Crippen LogP contribution in [-0.4, -0.2) is 5.11 Å². The third kappa shape index (κ3) is 3.48. The third-order valence-corrected chi connectivity index (χ3v) is 6.30. The highest BCUT2D eigenvalue weighted by atomic mass is 35.5. The van der Waals surface area contributed by atoms with Crippen LogP contribution in [0.1, 0.15) is 42.6 Å².